The van der Waals surface area contributed by atoms with E-state index in [0.29, 0.717) is 5.39 Å². The van der Waals surface area contributed by atoms with Crippen molar-refractivity contribution >= 4 is 38.3 Å². The van der Waals surface area contributed by atoms with Gasteiger partial charge in [0, 0.05) is 11.5 Å². The third-order valence-corrected chi connectivity index (χ3v) is 4.74. The molecule has 5 nitrogen and oxygen atoms in total. The van der Waals surface area contributed by atoms with E-state index in [4.69, 9.17) is 16.0 Å². The highest BCUT2D eigenvalue weighted by Crippen LogP contribution is 2.23. The molecule has 1 aromatic heterocycles. The molecule has 0 unspecified atom stereocenters. The van der Waals surface area contributed by atoms with Gasteiger partial charge in [0.2, 0.25) is 0 Å². The molecule has 0 aliphatic heterocycles. The third-order valence-electron chi connectivity index (χ3n) is 3.07. The van der Waals surface area contributed by atoms with E-state index >= 15 is 0 Å². The Morgan fingerprint density at radius 1 is 1.04 bits per heavy atom. The maximum absolute atomic E-state index is 13.1. The van der Waals surface area contributed by atoms with E-state index in [0.717, 1.165) is 6.07 Å². The van der Waals surface area contributed by atoms with Crippen molar-refractivity contribution in [2.75, 3.05) is 4.72 Å². The first-order valence-corrected chi connectivity index (χ1v) is 8.23. The summed E-state index contributed by atoms with van der Waals surface area (Å²) in [6.07, 6.45) is 0. The zero-order valence-corrected chi connectivity index (χ0v) is 13.0. The molecule has 23 heavy (non-hydrogen) atoms. The molecule has 0 aliphatic rings. The summed E-state index contributed by atoms with van der Waals surface area (Å²) in [5.41, 5.74) is -0.107. The van der Waals surface area contributed by atoms with Gasteiger partial charge in [0.25, 0.3) is 10.0 Å². The highest BCUT2D eigenvalue weighted by atomic mass is 35.5. The van der Waals surface area contributed by atoms with Crippen LogP contribution in [0.25, 0.3) is 11.0 Å². The molecule has 0 radical (unpaired) electrons. The van der Waals surface area contributed by atoms with E-state index < -0.39 is 21.5 Å². The van der Waals surface area contributed by atoms with Gasteiger partial charge in [-0.1, -0.05) is 11.6 Å². The topological polar surface area (TPSA) is 76.4 Å². The molecule has 118 valence electrons. The first-order chi connectivity index (χ1) is 10.8. The molecule has 1 heterocycles. The molecule has 1 N–H and O–H groups in total. The predicted molar refractivity (Wildman–Crippen MR) is 84.7 cm³/mol. The molecule has 2 aromatic carbocycles. The van der Waals surface area contributed by atoms with Crippen LogP contribution in [0.5, 0.6) is 0 Å². The fraction of sp³-hybridized carbons (Fsp3) is 0. The van der Waals surface area contributed by atoms with Crippen LogP contribution in [0.1, 0.15) is 0 Å². The molecule has 0 fully saturated rings. The summed E-state index contributed by atoms with van der Waals surface area (Å²) in [5, 5.41) is 0.273. The van der Waals surface area contributed by atoms with Crippen LogP contribution in [0.4, 0.5) is 10.1 Å². The molecule has 0 saturated heterocycles. The van der Waals surface area contributed by atoms with E-state index in [1.54, 1.807) is 0 Å². The monoisotopic (exact) mass is 353 g/mol. The standard InChI is InChI=1S/C15H9ClFNO4S/c16-12-8-10(2-4-13(12)17)18-23(20,21)11-3-5-14-9(7-11)1-6-15(19)22-14/h1-8,18H. The van der Waals surface area contributed by atoms with Gasteiger partial charge in [-0.15, -0.1) is 0 Å². The van der Waals surface area contributed by atoms with Gasteiger partial charge in [-0.25, -0.2) is 17.6 Å². The van der Waals surface area contributed by atoms with Gasteiger partial charge < -0.3 is 4.42 Å². The van der Waals surface area contributed by atoms with Crippen LogP contribution in [0, 0.1) is 5.82 Å². The van der Waals surface area contributed by atoms with E-state index in [9.17, 15) is 17.6 Å². The molecule has 0 atom stereocenters. The summed E-state index contributed by atoms with van der Waals surface area (Å²) in [6.45, 7) is 0. The van der Waals surface area contributed by atoms with Gasteiger partial charge in [-0.05, 0) is 42.5 Å². The molecule has 0 saturated carbocycles. The van der Waals surface area contributed by atoms with Crippen LogP contribution in [-0.2, 0) is 10.0 Å². The van der Waals surface area contributed by atoms with Crippen molar-refractivity contribution in [1.29, 1.82) is 0 Å². The van der Waals surface area contributed by atoms with Gasteiger partial charge in [-0.2, -0.15) is 0 Å². The van der Waals surface area contributed by atoms with Crippen molar-refractivity contribution in [3.63, 3.8) is 0 Å². The average Bonchev–Trinajstić information content (AvgIpc) is 2.50. The lowest BCUT2D eigenvalue weighted by molar-refractivity contribution is 0.560. The van der Waals surface area contributed by atoms with Crippen LogP contribution < -0.4 is 10.3 Å². The predicted octanol–water partition coefficient (Wildman–Crippen LogP) is 3.39. The van der Waals surface area contributed by atoms with E-state index in [1.807, 2.05) is 0 Å². The van der Waals surface area contributed by atoms with Crippen molar-refractivity contribution < 1.29 is 17.2 Å². The highest BCUT2D eigenvalue weighted by Gasteiger charge is 2.16. The smallest absolute Gasteiger partial charge is 0.336 e. The lowest BCUT2D eigenvalue weighted by Crippen LogP contribution is -2.13. The number of fused-ring (bicyclic) bond motifs is 1. The molecule has 0 aliphatic carbocycles. The van der Waals surface area contributed by atoms with Crippen molar-refractivity contribution in [2.24, 2.45) is 0 Å². The minimum Gasteiger partial charge on any atom is -0.423 e. The molecule has 0 bridgehead atoms. The zero-order valence-electron chi connectivity index (χ0n) is 11.4. The average molecular weight is 354 g/mol. The second-order valence-electron chi connectivity index (χ2n) is 4.69. The fourth-order valence-electron chi connectivity index (χ4n) is 1.99. The van der Waals surface area contributed by atoms with Gasteiger partial charge in [0.1, 0.15) is 11.4 Å². The first-order valence-electron chi connectivity index (χ1n) is 6.37. The van der Waals surface area contributed by atoms with Gasteiger partial charge >= 0.3 is 5.63 Å². The molecular weight excluding hydrogens is 345 g/mol. The Balaban J connectivity index is 2.00. The summed E-state index contributed by atoms with van der Waals surface area (Å²) < 4.78 is 45.1. The number of benzene rings is 2. The molecule has 0 amide bonds. The largest absolute Gasteiger partial charge is 0.423 e. The summed E-state index contributed by atoms with van der Waals surface area (Å²) in [7, 11) is -3.90. The molecular formula is C15H9ClFNO4S. The number of sulfonamides is 1. The Bertz CT molecular complexity index is 1060. The maximum Gasteiger partial charge on any atom is 0.336 e. The maximum atomic E-state index is 13.1. The Hall–Kier alpha value is -2.38. The lowest BCUT2D eigenvalue weighted by atomic mass is 10.2. The second kappa shape index (κ2) is 5.68. The SMILES string of the molecule is O=c1ccc2cc(S(=O)(=O)Nc3ccc(F)c(Cl)c3)ccc2o1. The van der Waals surface area contributed by atoms with Gasteiger partial charge in [0.15, 0.2) is 0 Å². The fourth-order valence-corrected chi connectivity index (χ4v) is 3.26. The summed E-state index contributed by atoms with van der Waals surface area (Å²) in [4.78, 5) is 11.1. The lowest BCUT2D eigenvalue weighted by Gasteiger charge is -2.09. The number of rotatable bonds is 3. The van der Waals surface area contributed by atoms with Crippen molar-refractivity contribution in [2.45, 2.75) is 4.90 Å². The minimum absolute atomic E-state index is 0.0284. The first kappa shape index (κ1) is 15.5. The molecule has 3 rings (SSSR count). The minimum atomic E-state index is -3.90. The van der Waals surface area contributed by atoms with Crippen molar-refractivity contribution in [1.82, 2.24) is 0 Å². The number of hydrogen-bond acceptors (Lipinski definition) is 4. The van der Waals surface area contributed by atoms with Crippen LogP contribution in [0.15, 0.2) is 62.6 Å². The number of hydrogen-bond donors (Lipinski definition) is 1. The Labute approximate surface area is 135 Å². The van der Waals surface area contributed by atoms with Crippen LogP contribution in [0.2, 0.25) is 5.02 Å². The van der Waals surface area contributed by atoms with Gasteiger partial charge in [-0.3, -0.25) is 4.72 Å². The Kier molecular flexibility index (Phi) is 3.83. The second-order valence-corrected chi connectivity index (χ2v) is 6.78. The summed E-state index contributed by atoms with van der Waals surface area (Å²) in [6, 6.07) is 10.2. The Morgan fingerprint density at radius 3 is 2.57 bits per heavy atom. The molecule has 8 heteroatoms. The third kappa shape index (κ3) is 3.20. The summed E-state index contributed by atoms with van der Waals surface area (Å²) in [5.74, 6) is -0.643. The normalized spacial score (nSPS) is 11.6. The number of anilines is 1. The van der Waals surface area contributed by atoms with Crippen LogP contribution in [-0.4, -0.2) is 8.42 Å². The number of nitrogens with one attached hydrogen (secondary N) is 1. The Morgan fingerprint density at radius 2 is 1.83 bits per heavy atom. The quantitative estimate of drug-likeness (QED) is 0.732. The molecule has 0 spiro atoms. The summed E-state index contributed by atoms with van der Waals surface area (Å²) >= 11 is 5.63. The van der Waals surface area contributed by atoms with E-state index in [-0.39, 0.29) is 21.2 Å². The van der Waals surface area contributed by atoms with Crippen molar-refractivity contribution in [3.05, 3.63) is 69.8 Å². The highest BCUT2D eigenvalue weighted by molar-refractivity contribution is 7.92. The van der Waals surface area contributed by atoms with Gasteiger partial charge in [0.05, 0.1) is 15.6 Å². The van der Waals surface area contributed by atoms with Crippen molar-refractivity contribution in [3.8, 4) is 0 Å². The molecule has 3 aromatic rings. The zero-order chi connectivity index (χ0) is 16.6. The van der Waals surface area contributed by atoms with E-state index in [1.165, 1.54) is 42.5 Å². The van der Waals surface area contributed by atoms with Crippen LogP contribution in [0.3, 0.4) is 0 Å². The van der Waals surface area contributed by atoms with E-state index in [2.05, 4.69) is 4.72 Å². The van der Waals surface area contributed by atoms with Crippen LogP contribution >= 0.6 is 11.6 Å². The number of halogens is 2.